The van der Waals surface area contributed by atoms with E-state index in [1.807, 2.05) is 50.4 Å². The lowest BCUT2D eigenvalue weighted by Crippen LogP contribution is -2.47. The van der Waals surface area contributed by atoms with E-state index in [1.165, 1.54) is 11.6 Å². The van der Waals surface area contributed by atoms with E-state index in [-0.39, 0.29) is 22.6 Å². The minimum absolute atomic E-state index is 0.0206. The maximum atomic E-state index is 14.1. The Labute approximate surface area is 221 Å². The van der Waals surface area contributed by atoms with Gasteiger partial charge in [-0.05, 0) is 60.5 Å². The van der Waals surface area contributed by atoms with Crippen molar-refractivity contribution in [3.8, 4) is 22.6 Å². The largest absolute Gasteiger partial charge is 0.492 e. The number of hydrogen-bond donors (Lipinski definition) is 1. The van der Waals surface area contributed by atoms with Gasteiger partial charge in [-0.15, -0.1) is 11.3 Å². The number of fused-ring (bicyclic) bond motifs is 2. The van der Waals surface area contributed by atoms with Gasteiger partial charge in [0.2, 0.25) is 0 Å². The summed E-state index contributed by atoms with van der Waals surface area (Å²) in [5.74, 6) is 0.297. The number of carbonyl (C=O) groups is 1. The molecule has 196 valence electrons. The van der Waals surface area contributed by atoms with Crippen molar-refractivity contribution < 1.29 is 23.8 Å². The molecule has 1 unspecified atom stereocenters. The van der Waals surface area contributed by atoms with Gasteiger partial charge in [-0.25, -0.2) is 4.39 Å². The number of benzene rings is 2. The molecule has 0 bridgehead atoms. The summed E-state index contributed by atoms with van der Waals surface area (Å²) in [6, 6.07) is 14.9. The fraction of sp³-hybridized carbons (Fsp3) is 0.433. The van der Waals surface area contributed by atoms with Crippen LogP contribution < -0.4 is 9.47 Å². The molecule has 3 aromatic rings. The van der Waals surface area contributed by atoms with E-state index in [0.717, 1.165) is 47.9 Å². The van der Waals surface area contributed by atoms with E-state index >= 15 is 0 Å². The second-order valence-electron chi connectivity index (χ2n) is 11.4. The van der Waals surface area contributed by atoms with Gasteiger partial charge in [-0.1, -0.05) is 45.0 Å². The molecule has 7 heteroatoms. The van der Waals surface area contributed by atoms with Crippen LogP contribution in [0.3, 0.4) is 0 Å². The smallest absolute Gasteiger partial charge is 0.308 e. The molecule has 0 saturated carbocycles. The van der Waals surface area contributed by atoms with E-state index in [4.69, 9.17) is 9.47 Å². The SMILES string of the molecule is CC(C)(C)C(CN1CCC2(CC1)COc1cc(OCc3cc(-c4ccccc4F)cs3)ccc12)C(=O)O. The standard InChI is InChI=1S/C30H34FNO4S/c1-29(2,3)25(28(33)34)16-32-12-10-30(11-13-32)19-36-27-15-21(8-9-24(27)30)35-17-22-14-20(18-37-22)23-6-4-5-7-26(23)31/h4-9,14-15,18,25H,10-13,16-17,19H2,1-3H3,(H,33,34). The lowest BCUT2D eigenvalue weighted by atomic mass is 9.73. The molecule has 1 saturated heterocycles. The van der Waals surface area contributed by atoms with Gasteiger partial charge in [-0.3, -0.25) is 4.79 Å². The zero-order valence-corrected chi connectivity index (χ0v) is 22.4. The maximum Gasteiger partial charge on any atom is 0.308 e. The average Bonchev–Trinajstić information content (AvgIpc) is 3.47. The normalized spacial score (nSPS) is 17.8. The molecule has 1 aromatic heterocycles. The zero-order valence-electron chi connectivity index (χ0n) is 21.6. The molecule has 2 aliphatic heterocycles. The number of rotatable bonds is 7. The Balaban J connectivity index is 1.20. The number of hydrogen-bond acceptors (Lipinski definition) is 5. The van der Waals surface area contributed by atoms with Crippen LogP contribution in [0.15, 0.2) is 53.9 Å². The fourth-order valence-electron chi connectivity index (χ4n) is 5.45. The molecule has 3 heterocycles. The highest BCUT2D eigenvalue weighted by molar-refractivity contribution is 7.10. The Kier molecular flexibility index (Phi) is 7.03. The minimum Gasteiger partial charge on any atom is -0.492 e. The first kappa shape index (κ1) is 25.7. The summed E-state index contributed by atoms with van der Waals surface area (Å²) in [5.41, 5.74) is 2.40. The van der Waals surface area contributed by atoms with Crippen LogP contribution in [0.25, 0.3) is 11.1 Å². The van der Waals surface area contributed by atoms with Crippen LogP contribution in [0.5, 0.6) is 11.5 Å². The summed E-state index contributed by atoms with van der Waals surface area (Å²) in [6.07, 6.45) is 1.90. The predicted octanol–water partition coefficient (Wildman–Crippen LogP) is 6.61. The van der Waals surface area contributed by atoms with E-state index in [2.05, 4.69) is 11.0 Å². The van der Waals surface area contributed by atoms with Gasteiger partial charge in [0.05, 0.1) is 12.5 Å². The Bertz CT molecular complexity index is 1270. The van der Waals surface area contributed by atoms with Crippen molar-refractivity contribution in [2.75, 3.05) is 26.2 Å². The number of thiophene rings is 1. The Hall–Kier alpha value is -2.90. The van der Waals surface area contributed by atoms with Crippen LogP contribution in [0.2, 0.25) is 0 Å². The van der Waals surface area contributed by atoms with Crippen molar-refractivity contribution in [2.45, 2.75) is 45.6 Å². The topological polar surface area (TPSA) is 59.0 Å². The number of carboxylic acids is 1. The van der Waals surface area contributed by atoms with E-state index < -0.39 is 5.97 Å². The van der Waals surface area contributed by atoms with Crippen molar-refractivity contribution in [1.29, 1.82) is 0 Å². The third-order valence-electron chi connectivity index (χ3n) is 7.85. The van der Waals surface area contributed by atoms with Gasteiger partial charge in [-0.2, -0.15) is 0 Å². The van der Waals surface area contributed by atoms with Crippen LogP contribution in [-0.2, 0) is 16.8 Å². The van der Waals surface area contributed by atoms with Crippen LogP contribution in [0, 0.1) is 17.2 Å². The highest BCUT2D eigenvalue weighted by Gasteiger charge is 2.44. The van der Waals surface area contributed by atoms with Gasteiger partial charge in [0.25, 0.3) is 0 Å². The average molecular weight is 524 g/mol. The number of likely N-dealkylation sites (tertiary alicyclic amines) is 1. The van der Waals surface area contributed by atoms with Crippen molar-refractivity contribution in [2.24, 2.45) is 11.3 Å². The number of nitrogens with zero attached hydrogens (tertiary/aromatic N) is 1. The summed E-state index contributed by atoms with van der Waals surface area (Å²) in [4.78, 5) is 15.1. The van der Waals surface area contributed by atoms with Crippen LogP contribution >= 0.6 is 11.3 Å². The second-order valence-corrected chi connectivity index (χ2v) is 12.4. The molecule has 0 aliphatic carbocycles. The molecular weight excluding hydrogens is 489 g/mol. The number of halogens is 1. The summed E-state index contributed by atoms with van der Waals surface area (Å²) >= 11 is 1.56. The maximum absolute atomic E-state index is 14.1. The molecule has 1 spiro atoms. The van der Waals surface area contributed by atoms with E-state index in [9.17, 15) is 14.3 Å². The van der Waals surface area contributed by atoms with Crippen molar-refractivity contribution in [3.05, 3.63) is 70.2 Å². The molecule has 1 atom stereocenters. The van der Waals surface area contributed by atoms with Gasteiger partial charge in [0.1, 0.15) is 23.9 Å². The highest BCUT2D eigenvalue weighted by atomic mass is 32.1. The van der Waals surface area contributed by atoms with Crippen molar-refractivity contribution >= 4 is 17.3 Å². The third kappa shape index (κ3) is 5.39. The summed E-state index contributed by atoms with van der Waals surface area (Å²) in [5, 5.41) is 11.7. The number of aliphatic carboxylic acids is 1. The zero-order chi connectivity index (χ0) is 26.2. The minimum atomic E-state index is -0.721. The predicted molar refractivity (Wildman–Crippen MR) is 144 cm³/mol. The first-order valence-corrected chi connectivity index (χ1v) is 13.7. The Morgan fingerprint density at radius 1 is 1.19 bits per heavy atom. The summed E-state index contributed by atoms with van der Waals surface area (Å²) in [7, 11) is 0. The molecule has 0 amide bonds. The lowest BCUT2D eigenvalue weighted by molar-refractivity contribution is -0.146. The molecule has 1 N–H and O–H groups in total. The first-order valence-electron chi connectivity index (χ1n) is 12.8. The van der Waals surface area contributed by atoms with Gasteiger partial charge in [0, 0.05) is 34.0 Å². The molecule has 0 radical (unpaired) electrons. The van der Waals surface area contributed by atoms with Crippen molar-refractivity contribution in [3.63, 3.8) is 0 Å². The van der Waals surface area contributed by atoms with E-state index in [0.29, 0.717) is 25.3 Å². The highest BCUT2D eigenvalue weighted by Crippen LogP contribution is 2.47. The van der Waals surface area contributed by atoms with Crippen LogP contribution in [0.1, 0.15) is 44.1 Å². The van der Waals surface area contributed by atoms with Crippen LogP contribution in [0.4, 0.5) is 4.39 Å². The molecule has 5 rings (SSSR count). The Morgan fingerprint density at radius 3 is 2.65 bits per heavy atom. The third-order valence-corrected chi connectivity index (χ3v) is 8.76. The summed E-state index contributed by atoms with van der Waals surface area (Å²) < 4.78 is 26.3. The number of carboxylic acid groups (broad SMARTS) is 1. The number of ether oxygens (including phenoxy) is 2. The lowest BCUT2D eigenvalue weighted by Gasteiger charge is -2.41. The number of piperidine rings is 1. The molecule has 2 aromatic carbocycles. The first-order chi connectivity index (χ1) is 17.6. The van der Waals surface area contributed by atoms with Crippen molar-refractivity contribution in [1.82, 2.24) is 4.90 Å². The van der Waals surface area contributed by atoms with Gasteiger partial charge < -0.3 is 19.5 Å². The van der Waals surface area contributed by atoms with E-state index in [1.54, 1.807) is 23.5 Å². The van der Waals surface area contributed by atoms with Gasteiger partial charge in [0.15, 0.2) is 0 Å². The summed E-state index contributed by atoms with van der Waals surface area (Å²) in [6.45, 7) is 9.37. The fourth-order valence-corrected chi connectivity index (χ4v) is 6.24. The molecule has 5 nitrogen and oxygen atoms in total. The van der Waals surface area contributed by atoms with Gasteiger partial charge >= 0.3 is 5.97 Å². The molecule has 37 heavy (non-hydrogen) atoms. The Morgan fingerprint density at radius 2 is 1.95 bits per heavy atom. The quantitative estimate of drug-likeness (QED) is 0.378. The molecule has 1 fully saturated rings. The monoisotopic (exact) mass is 523 g/mol. The van der Waals surface area contributed by atoms with Crippen LogP contribution in [-0.4, -0.2) is 42.2 Å². The molecule has 2 aliphatic rings. The molecular formula is C30H34FNO4S. The second kappa shape index (κ2) is 10.1.